The van der Waals surface area contributed by atoms with Crippen LogP contribution in [0.15, 0.2) is 31.0 Å². The number of pyridine rings is 1. The molecule has 0 spiro atoms. The average Bonchev–Trinajstić information content (AvgIpc) is 2.83. The number of nitrogens with two attached hydrogens (primary N) is 1. The first-order valence-corrected chi connectivity index (χ1v) is 7.41. The Morgan fingerprint density at radius 3 is 2.94 bits per heavy atom. The highest BCUT2D eigenvalue weighted by atomic mass is 32.2. The van der Waals surface area contributed by atoms with E-state index in [0.29, 0.717) is 0 Å². The fraction of sp³-hybridized carbons (Fsp3) is 0.385. The molecule has 2 aromatic heterocycles. The Morgan fingerprint density at radius 1 is 1.28 bits per heavy atom. The molecule has 0 amide bonds. The van der Waals surface area contributed by atoms with E-state index in [9.17, 15) is 0 Å². The number of hydrogen-bond acceptors (Lipinski definition) is 4. The standard InChI is InChI=1S/C13H18N4S/c1-18-7-3-2-6-17-10-16-9-13(17)11-8-15-5-4-12(11)14/h4-5,8-10H,2-3,6-7H2,1H3,(H2,14,15). The van der Waals surface area contributed by atoms with Gasteiger partial charge in [-0.1, -0.05) is 0 Å². The van der Waals surface area contributed by atoms with Gasteiger partial charge in [0.1, 0.15) is 0 Å². The molecule has 0 aliphatic carbocycles. The summed E-state index contributed by atoms with van der Waals surface area (Å²) in [6.07, 6.45) is 11.7. The van der Waals surface area contributed by atoms with Crippen LogP contribution in [0.5, 0.6) is 0 Å². The molecular formula is C13H18N4S. The summed E-state index contributed by atoms with van der Waals surface area (Å²) in [7, 11) is 0. The van der Waals surface area contributed by atoms with Crippen LogP contribution in [0.4, 0.5) is 5.69 Å². The van der Waals surface area contributed by atoms with Gasteiger partial charge >= 0.3 is 0 Å². The number of unbranched alkanes of at least 4 members (excludes halogenated alkanes) is 1. The third-order valence-electron chi connectivity index (χ3n) is 2.84. The van der Waals surface area contributed by atoms with E-state index in [1.807, 2.05) is 30.4 Å². The molecule has 0 unspecified atom stereocenters. The van der Waals surface area contributed by atoms with Crippen LogP contribution >= 0.6 is 11.8 Å². The first-order valence-electron chi connectivity index (χ1n) is 6.02. The van der Waals surface area contributed by atoms with Gasteiger partial charge in [-0.05, 0) is 30.9 Å². The van der Waals surface area contributed by atoms with Crippen molar-refractivity contribution >= 4 is 17.4 Å². The molecule has 0 atom stereocenters. The first kappa shape index (κ1) is 13.0. The van der Waals surface area contributed by atoms with Gasteiger partial charge in [-0.15, -0.1) is 0 Å². The Hall–Kier alpha value is -1.49. The highest BCUT2D eigenvalue weighted by Gasteiger charge is 2.08. The van der Waals surface area contributed by atoms with E-state index >= 15 is 0 Å². The number of aromatic nitrogens is 3. The highest BCUT2D eigenvalue weighted by molar-refractivity contribution is 7.98. The Morgan fingerprint density at radius 2 is 2.17 bits per heavy atom. The molecule has 4 nitrogen and oxygen atoms in total. The maximum absolute atomic E-state index is 5.97. The summed E-state index contributed by atoms with van der Waals surface area (Å²) in [5.41, 5.74) is 8.72. The van der Waals surface area contributed by atoms with Gasteiger partial charge < -0.3 is 10.3 Å². The normalized spacial score (nSPS) is 10.7. The summed E-state index contributed by atoms with van der Waals surface area (Å²) in [6.45, 7) is 0.976. The predicted molar refractivity (Wildman–Crippen MR) is 77.5 cm³/mol. The maximum Gasteiger partial charge on any atom is 0.0950 e. The monoisotopic (exact) mass is 262 g/mol. The molecule has 0 bridgehead atoms. The predicted octanol–water partition coefficient (Wildman–Crippen LogP) is 2.67. The van der Waals surface area contributed by atoms with E-state index in [2.05, 4.69) is 20.8 Å². The molecule has 2 aromatic rings. The summed E-state index contributed by atoms with van der Waals surface area (Å²) in [5.74, 6) is 1.21. The van der Waals surface area contributed by atoms with Crippen LogP contribution in [0.1, 0.15) is 12.8 Å². The summed E-state index contributed by atoms with van der Waals surface area (Å²) in [6, 6.07) is 1.82. The van der Waals surface area contributed by atoms with Crippen LogP contribution in [-0.4, -0.2) is 26.5 Å². The number of imidazole rings is 1. The lowest BCUT2D eigenvalue weighted by atomic mass is 10.2. The zero-order valence-corrected chi connectivity index (χ0v) is 11.4. The van der Waals surface area contributed by atoms with E-state index in [-0.39, 0.29) is 0 Å². The molecule has 0 fully saturated rings. The summed E-state index contributed by atoms with van der Waals surface area (Å²) >= 11 is 1.89. The smallest absolute Gasteiger partial charge is 0.0950 e. The van der Waals surface area contributed by atoms with Gasteiger partial charge in [0.2, 0.25) is 0 Å². The topological polar surface area (TPSA) is 56.7 Å². The van der Waals surface area contributed by atoms with Crippen molar-refractivity contribution in [2.75, 3.05) is 17.7 Å². The molecular weight excluding hydrogens is 244 g/mol. The zero-order chi connectivity index (χ0) is 12.8. The van der Waals surface area contributed by atoms with Crippen molar-refractivity contribution in [3.05, 3.63) is 31.0 Å². The van der Waals surface area contributed by atoms with Gasteiger partial charge in [0.05, 0.1) is 18.2 Å². The van der Waals surface area contributed by atoms with Crippen LogP contribution in [0.2, 0.25) is 0 Å². The third-order valence-corrected chi connectivity index (χ3v) is 3.54. The molecule has 96 valence electrons. The SMILES string of the molecule is CSCCCCn1cncc1-c1cnccc1N. The van der Waals surface area contributed by atoms with E-state index in [1.54, 1.807) is 12.4 Å². The lowest BCUT2D eigenvalue weighted by Crippen LogP contribution is -2.01. The fourth-order valence-electron chi connectivity index (χ4n) is 1.87. The van der Waals surface area contributed by atoms with Gasteiger partial charge in [0.15, 0.2) is 0 Å². The van der Waals surface area contributed by atoms with Crippen LogP contribution in [0.25, 0.3) is 11.3 Å². The Labute approximate surface area is 112 Å². The molecule has 2 heterocycles. The summed E-state index contributed by atoms with van der Waals surface area (Å²) in [5, 5.41) is 0. The number of nitrogens with zero attached hydrogens (tertiary/aromatic N) is 3. The minimum Gasteiger partial charge on any atom is -0.398 e. The first-order chi connectivity index (χ1) is 8.83. The van der Waals surface area contributed by atoms with Crippen LogP contribution < -0.4 is 5.73 Å². The summed E-state index contributed by atoms with van der Waals surface area (Å²) < 4.78 is 2.15. The third kappa shape index (κ3) is 3.04. The van der Waals surface area contributed by atoms with Crippen LogP contribution in [0, 0.1) is 0 Å². The van der Waals surface area contributed by atoms with E-state index < -0.39 is 0 Å². The van der Waals surface area contributed by atoms with E-state index in [0.717, 1.165) is 29.9 Å². The van der Waals surface area contributed by atoms with Gasteiger partial charge in [-0.2, -0.15) is 11.8 Å². The quantitative estimate of drug-likeness (QED) is 0.813. The lowest BCUT2D eigenvalue weighted by Gasteiger charge is -2.09. The molecule has 0 saturated heterocycles. The van der Waals surface area contributed by atoms with Gasteiger partial charge in [0.25, 0.3) is 0 Å². The molecule has 2 N–H and O–H groups in total. The second-order valence-corrected chi connectivity index (χ2v) is 5.12. The Balaban J connectivity index is 2.10. The van der Waals surface area contributed by atoms with E-state index in [4.69, 9.17) is 5.73 Å². The Bertz CT molecular complexity index is 495. The molecule has 5 heteroatoms. The maximum atomic E-state index is 5.97. The van der Waals surface area contributed by atoms with Crippen molar-refractivity contribution in [1.29, 1.82) is 0 Å². The van der Waals surface area contributed by atoms with Crippen molar-refractivity contribution in [2.24, 2.45) is 0 Å². The molecule has 0 aliphatic heterocycles. The minimum absolute atomic E-state index is 0.746. The van der Waals surface area contributed by atoms with Gasteiger partial charge in [-0.3, -0.25) is 4.98 Å². The minimum atomic E-state index is 0.746. The number of anilines is 1. The molecule has 0 saturated carbocycles. The zero-order valence-electron chi connectivity index (χ0n) is 10.5. The molecule has 18 heavy (non-hydrogen) atoms. The lowest BCUT2D eigenvalue weighted by molar-refractivity contribution is 0.639. The number of thioether (sulfide) groups is 1. The fourth-order valence-corrected chi connectivity index (χ4v) is 2.36. The summed E-state index contributed by atoms with van der Waals surface area (Å²) in [4.78, 5) is 8.34. The molecule has 0 aliphatic rings. The average molecular weight is 262 g/mol. The van der Waals surface area contributed by atoms with Gasteiger partial charge in [0, 0.05) is 30.2 Å². The number of nitrogen functional groups attached to an aromatic ring is 1. The van der Waals surface area contributed by atoms with E-state index in [1.165, 1.54) is 12.2 Å². The number of aryl methyl sites for hydroxylation is 1. The van der Waals surface area contributed by atoms with Crippen LogP contribution in [0.3, 0.4) is 0 Å². The molecule has 0 aromatic carbocycles. The number of hydrogen-bond donors (Lipinski definition) is 1. The second-order valence-electron chi connectivity index (χ2n) is 4.14. The van der Waals surface area contributed by atoms with Crippen LogP contribution in [-0.2, 0) is 6.54 Å². The second kappa shape index (κ2) is 6.44. The number of rotatable bonds is 6. The molecule has 0 radical (unpaired) electrons. The van der Waals surface area contributed by atoms with Crippen molar-refractivity contribution in [3.63, 3.8) is 0 Å². The highest BCUT2D eigenvalue weighted by Crippen LogP contribution is 2.24. The van der Waals surface area contributed by atoms with Gasteiger partial charge in [-0.25, -0.2) is 4.98 Å². The largest absolute Gasteiger partial charge is 0.398 e. The Kier molecular flexibility index (Phi) is 4.64. The van der Waals surface area contributed by atoms with Crippen molar-refractivity contribution < 1.29 is 0 Å². The molecule has 2 rings (SSSR count). The van der Waals surface area contributed by atoms with Crippen molar-refractivity contribution in [2.45, 2.75) is 19.4 Å². The van der Waals surface area contributed by atoms with Crippen molar-refractivity contribution in [1.82, 2.24) is 14.5 Å². The van der Waals surface area contributed by atoms with Crippen molar-refractivity contribution in [3.8, 4) is 11.3 Å².